The van der Waals surface area contributed by atoms with Crippen LogP contribution in [0.25, 0.3) is 21.1 Å². The van der Waals surface area contributed by atoms with Crippen LogP contribution in [-0.2, 0) is 22.7 Å². The number of ether oxygens (including phenoxy) is 2. The van der Waals surface area contributed by atoms with Crippen LogP contribution in [0.2, 0.25) is 0 Å². The number of hydrogen-bond acceptors (Lipinski definition) is 14. The maximum absolute atomic E-state index is 11.8. The van der Waals surface area contributed by atoms with Gasteiger partial charge in [-0.15, -0.1) is 20.4 Å². The van der Waals surface area contributed by atoms with Crippen LogP contribution in [0.15, 0.2) is 94.9 Å². The first kappa shape index (κ1) is 36.8. The van der Waals surface area contributed by atoms with E-state index in [1.807, 2.05) is 74.8 Å². The first-order chi connectivity index (χ1) is 26.7. The van der Waals surface area contributed by atoms with E-state index in [0.717, 1.165) is 56.7 Å². The second kappa shape index (κ2) is 17.1. The predicted octanol–water partition coefficient (Wildman–Crippen LogP) is 7.13. The third-order valence-corrected chi connectivity index (χ3v) is 9.75. The van der Waals surface area contributed by atoms with E-state index in [-0.39, 0.29) is 25.2 Å². The molecule has 55 heavy (non-hydrogen) atoms. The zero-order valence-electron chi connectivity index (χ0n) is 29.7. The van der Waals surface area contributed by atoms with Gasteiger partial charge in [-0.25, -0.2) is 4.79 Å². The third kappa shape index (κ3) is 9.92. The van der Waals surface area contributed by atoms with Crippen molar-refractivity contribution >= 4 is 68.6 Å². The number of anilines is 4. The molecule has 0 bridgehead atoms. The van der Waals surface area contributed by atoms with E-state index in [9.17, 15) is 9.59 Å². The Hall–Kier alpha value is -6.52. The molecule has 0 aliphatic carbocycles. The van der Waals surface area contributed by atoms with Gasteiger partial charge in [-0.1, -0.05) is 59.1 Å². The first-order valence-corrected chi connectivity index (χ1v) is 18.8. The smallest absolute Gasteiger partial charge is 0.341 e. The molecule has 6 aromatic rings. The summed E-state index contributed by atoms with van der Waals surface area (Å²) in [6.07, 6.45) is 3.76. The molecule has 0 saturated heterocycles. The Morgan fingerprint density at radius 3 is 1.69 bits per heavy atom. The number of benzene rings is 4. The van der Waals surface area contributed by atoms with Crippen LogP contribution in [0.1, 0.15) is 36.1 Å². The van der Waals surface area contributed by atoms with Crippen molar-refractivity contribution in [3.05, 3.63) is 107 Å². The van der Waals surface area contributed by atoms with Gasteiger partial charge >= 0.3 is 5.97 Å². The highest BCUT2D eigenvalue weighted by Crippen LogP contribution is 2.32. The highest BCUT2D eigenvalue weighted by atomic mass is 32.1. The number of hydrogen-bond donors (Lipinski definition) is 4. The molecule has 2 aliphatic rings. The van der Waals surface area contributed by atoms with Crippen LogP contribution < -0.4 is 25.4 Å². The highest BCUT2D eigenvalue weighted by molar-refractivity contribution is 7.18. The highest BCUT2D eigenvalue weighted by Gasteiger charge is 2.13. The molecule has 4 heterocycles. The Bertz CT molecular complexity index is 2390. The van der Waals surface area contributed by atoms with Crippen molar-refractivity contribution in [2.45, 2.75) is 33.0 Å². The van der Waals surface area contributed by atoms with E-state index in [0.29, 0.717) is 21.8 Å². The number of carboxylic acid groups (broad SMARTS) is 1. The monoisotopic (exact) mass is 773 g/mol. The molecular formula is C39H35N9O5S2. The second-order valence-electron chi connectivity index (χ2n) is 12.6. The van der Waals surface area contributed by atoms with Gasteiger partial charge in [0, 0.05) is 41.0 Å². The molecule has 16 heteroatoms. The maximum atomic E-state index is 11.8. The average molecular weight is 774 g/mol. The number of carbonyl (C=O) groups is 2. The molecular weight excluding hydrogens is 739 g/mol. The second-order valence-corrected chi connectivity index (χ2v) is 14.5. The van der Waals surface area contributed by atoms with Gasteiger partial charge in [0.15, 0.2) is 13.2 Å². The largest absolute Gasteiger partial charge is 0.484 e. The first-order valence-electron chi connectivity index (χ1n) is 17.2. The third-order valence-electron chi connectivity index (χ3n) is 7.97. The molecule has 278 valence electrons. The summed E-state index contributed by atoms with van der Waals surface area (Å²) < 4.78 is 10.8. The maximum Gasteiger partial charge on any atom is 0.341 e. The lowest BCUT2D eigenvalue weighted by atomic mass is 10.1. The topological polar surface area (TPSA) is 185 Å². The lowest BCUT2D eigenvalue weighted by Crippen LogP contribution is -2.34. The number of amides is 1. The SMILES string of the molecule is CC(C)NC(=O)COc1cccc(-c2nnc(Nc3ccc4c(c3)C=NC4)s2)c1.O=C(O)COc1cccc(-c2nnc(Nc3ccc4c(c3)C=NC4)s2)c1. The molecule has 14 nitrogen and oxygen atoms in total. The minimum absolute atomic E-state index is 0.0216. The fourth-order valence-electron chi connectivity index (χ4n) is 5.48. The minimum atomic E-state index is -1.02. The van der Waals surface area contributed by atoms with E-state index in [1.54, 1.807) is 18.2 Å². The molecule has 2 aliphatic heterocycles. The predicted molar refractivity (Wildman–Crippen MR) is 215 cm³/mol. The summed E-state index contributed by atoms with van der Waals surface area (Å²) in [5.41, 5.74) is 8.28. The van der Waals surface area contributed by atoms with E-state index in [1.165, 1.54) is 33.8 Å². The van der Waals surface area contributed by atoms with Crippen molar-refractivity contribution in [2.24, 2.45) is 9.98 Å². The van der Waals surface area contributed by atoms with Crippen molar-refractivity contribution in [1.29, 1.82) is 0 Å². The molecule has 0 unspecified atom stereocenters. The van der Waals surface area contributed by atoms with Crippen molar-refractivity contribution in [3.63, 3.8) is 0 Å². The molecule has 0 spiro atoms. The normalized spacial score (nSPS) is 12.1. The minimum Gasteiger partial charge on any atom is -0.484 e. The number of fused-ring (bicyclic) bond motifs is 2. The van der Waals surface area contributed by atoms with E-state index < -0.39 is 5.97 Å². The number of rotatable bonds is 13. The number of nitrogens with zero attached hydrogens (tertiary/aromatic N) is 6. The Morgan fingerprint density at radius 2 is 1.20 bits per heavy atom. The number of aliphatic carboxylic acids is 1. The molecule has 0 radical (unpaired) electrons. The molecule has 0 fully saturated rings. The van der Waals surface area contributed by atoms with Crippen molar-refractivity contribution in [3.8, 4) is 32.6 Å². The van der Waals surface area contributed by atoms with Crippen LogP contribution in [-0.4, -0.2) is 69.1 Å². The fourth-order valence-corrected chi connectivity index (χ4v) is 7.00. The quantitative estimate of drug-likeness (QED) is 0.0936. The van der Waals surface area contributed by atoms with Crippen LogP contribution in [0.3, 0.4) is 0 Å². The zero-order valence-corrected chi connectivity index (χ0v) is 31.4. The van der Waals surface area contributed by atoms with Crippen LogP contribution in [0.4, 0.5) is 21.6 Å². The lowest BCUT2D eigenvalue weighted by molar-refractivity contribution is -0.139. The molecule has 8 rings (SSSR count). The molecule has 1 amide bonds. The van der Waals surface area contributed by atoms with Crippen molar-refractivity contribution < 1.29 is 24.2 Å². The Labute approximate surface area is 324 Å². The van der Waals surface area contributed by atoms with Crippen molar-refractivity contribution in [2.75, 3.05) is 23.8 Å². The van der Waals surface area contributed by atoms with Gasteiger partial charge in [0.05, 0.1) is 13.1 Å². The Morgan fingerprint density at radius 1 is 0.691 bits per heavy atom. The number of aromatic nitrogens is 4. The van der Waals surface area contributed by atoms with Gasteiger partial charge < -0.3 is 30.5 Å². The summed E-state index contributed by atoms with van der Waals surface area (Å²) >= 11 is 2.86. The lowest BCUT2D eigenvalue weighted by Gasteiger charge is -2.10. The van der Waals surface area contributed by atoms with Gasteiger partial charge in [-0.3, -0.25) is 14.8 Å². The summed E-state index contributed by atoms with van der Waals surface area (Å²) in [6, 6.07) is 26.9. The summed E-state index contributed by atoms with van der Waals surface area (Å²) in [5.74, 6) is -0.0686. The summed E-state index contributed by atoms with van der Waals surface area (Å²) in [7, 11) is 0. The number of carboxylic acids is 1. The summed E-state index contributed by atoms with van der Waals surface area (Å²) in [4.78, 5) is 30.9. The standard InChI is InChI=1S/C21H21N5O2S.C18H14N4O3S/c1-13(2)23-19(27)12-28-18-5-3-4-14(9-18)20-25-26-21(29-20)24-17-7-6-15-10-22-11-16(15)8-17;23-16(24)10-25-15-3-1-2-11(7-15)17-21-22-18(26-17)20-14-5-4-12-8-19-9-13(12)6-14/h3-9,11,13H,10,12H2,1-2H3,(H,23,27)(H,24,26);1-7,9H,8,10H2,(H,20,22)(H,23,24). The van der Waals surface area contributed by atoms with Gasteiger partial charge in [-0.05, 0) is 84.6 Å². The van der Waals surface area contributed by atoms with E-state index >= 15 is 0 Å². The van der Waals surface area contributed by atoms with Gasteiger partial charge in [0.2, 0.25) is 10.3 Å². The molecule has 2 aromatic heterocycles. The Kier molecular flexibility index (Phi) is 11.4. The molecule has 0 atom stereocenters. The van der Waals surface area contributed by atoms with Gasteiger partial charge in [0.25, 0.3) is 5.91 Å². The molecule has 4 N–H and O–H groups in total. The van der Waals surface area contributed by atoms with Crippen LogP contribution >= 0.6 is 22.7 Å². The van der Waals surface area contributed by atoms with Crippen LogP contribution in [0.5, 0.6) is 11.5 Å². The van der Waals surface area contributed by atoms with E-state index in [2.05, 4.69) is 64.5 Å². The van der Waals surface area contributed by atoms with Crippen LogP contribution in [0, 0.1) is 0 Å². The fraction of sp³-hybridized carbons (Fsp3) is 0.179. The summed E-state index contributed by atoms with van der Waals surface area (Å²) in [5, 5.41) is 37.8. The van der Waals surface area contributed by atoms with Gasteiger partial charge in [-0.2, -0.15) is 0 Å². The molecule has 4 aromatic carbocycles. The van der Waals surface area contributed by atoms with Gasteiger partial charge in [0.1, 0.15) is 21.5 Å². The summed E-state index contributed by atoms with van der Waals surface area (Å²) in [6.45, 7) is 4.90. The van der Waals surface area contributed by atoms with E-state index in [4.69, 9.17) is 14.6 Å². The number of carbonyl (C=O) groups excluding carboxylic acids is 1. The number of nitrogens with one attached hydrogen (secondary N) is 3. The Balaban J connectivity index is 0.000000170. The number of aliphatic imine (C=N–C) groups is 2. The molecule has 0 saturated carbocycles. The zero-order chi connectivity index (χ0) is 38.1. The average Bonchev–Trinajstić information content (AvgIpc) is 4.02. The van der Waals surface area contributed by atoms with Crippen molar-refractivity contribution in [1.82, 2.24) is 25.7 Å².